The topological polar surface area (TPSA) is 52.7 Å². The van der Waals surface area contributed by atoms with Gasteiger partial charge in [0.25, 0.3) is 0 Å². The molecule has 0 saturated carbocycles. The molecule has 0 bridgehead atoms. The molecular formula is C25H34F3N3O2. The Bertz CT molecular complexity index is 914. The van der Waals surface area contributed by atoms with Crippen LogP contribution in [0.4, 0.5) is 18.9 Å². The van der Waals surface area contributed by atoms with E-state index in [2.05, 4.69) is 25.2 Å². The zero-order chi connectivity index (χ0) is 24.4. The molecule has 0 atom stereocenters. The zero-order valence-corrected chi connectivity index (χ0v) is 19.9. The van der Waals surface area contributed by atoms with Crippen molar-refractivity contribution in [2.45, 2.75) is 58.0 Å². The number of carbonyl (C=O) groups is 2. The first-order valence-corrected chi connectivity index (χ1v) is 11.5. The lowest BCUT2D eigenvalue weighted by Gasteiger charge is -2.33. The highest BCUT2D eigenvalue weighted by atomic mass is 19.4. The molecule has 1 fully saturated rings. The molecule has 1 aliphatic heterocycles. The van der Waals surface area contributed by atoms with Crippen LogP contribution in [-0.4, -0.2) is 61.5 Å². The van der Waals surface area contributed by atoms with Gasteiger partial charge >= 0.3 is 12.1 Å². The van der Waals surface area contributed by atoms with Crippen molar-refractivity contribution in [1.29, 1.82) is 0 Å². The van der Waals surface area contributed by atoms with E-state index in [-0.39, 0.29) is 22.9 Å². The Morgan fingerprint density at radius 3 is 2.39 bits per heavy atom. The third kappa shape index (κ3) is 6.59. The molecule has 8 heteroatoms. The van der Waals surface area contributed by atoms with Crippen LogP contribution in [0, 0.1) is 5.41 Å². The molecule has 0 aromatic heterocycles. The number of rotatable bonds is 5. The van der Waals surface area contributed by atoms with Crippen molar-refractivity contribution in [2.75, 3.05) is 39.0 Å². The van der Waals surface area contributed by atoms with E-state index < -0.39 is 12.1 Å². The molecule has 1 aliphatic carbocycles. The lowest BCUT2D eigenvalue weighted by Crippen LogP contribution is -2.42. The van der Waals surface area contributed by atoms with Gasteiger partial charge < -0.3 is 15.1 Å². The van der Waals surface area contributed by atoms with E-state index >= 15 is 0 Å². The number of anilines is 1. The predicted molar refractivity (Wildman–Crippen MR) is 124 cm³/mol. The third-order valence-electron chi connectivity index (χ3n) is 6.64. The number of alkyl halides is 3. The van der Waals surface area contributed by atoms with Gasteiger partial charge in [-0.2, -0.15) is 13.2 Å². The van der Waals surface area contributed by atoms with Gasteiger partial charge in [0.15, 0.2) is 0 Å². The van der Waals surface area contributed by atoms with Gasteiger partial charge in [-0.25, -0.2) is 0 Å². The van der Waals surface area contributed by atoms with Crippen molar-refractivity contribution in [2.24, 2.45) is 5.41 Å². The Kier molecular flexibility index (Phi) is 7.56. The summed E-state index contributed by atoms with van der Waals surface area (Å²) in [6.07, 6.45) is 1.29. The fourth-order valence-corrected chi connectivity index (χ4v) is 4.54. The Morgan fingerprint density at radius 1 is 1.18 bits per heavy atom. The first-order valence-electron chi connectivity index (χ1n) is 11.5. The molecule has 1 N–H and O–H groups in total. The van der Waals surface area contributed by atoms with Crippen LogP contribution in [0.15, 0.2) is 24.3 Å². The Morgan fingerprint density at radius 2 is 1.85 bits per heavy atom. The van der Waals surface area contributed by atoms with Gasteiger partial charge in [0.2, 0.25) is 5.91 Å². The second kappa shape index (κ2) is 9.87. The lowest BCUT2D eigenvalue weighted by molar-refractivity contribution is -0.167. The highest BCUT2D eigenvalue weighted by Gasteiger charge is 2.39. The molecule has 3 rings (SSSR count). The Balaban J connectivity index is 1.82. The summed E-state index contributed by atoms with van der Waals surface area (Å²) in [5.41, 5.74) is 3.05. The smallest absolute Gasteiger partial charge is 0.342 e. The van der Waals surface area contributed by atoms with Gasteiger partial charge in [0, 0.05) is 24.3 Å². The number of likely N-dealkylation sites (N-methyl/N-ethyl adjacent to an activating group) is 1. The molecule has 2 aliphatic rings. The molecule has 182 valence electrons. The largest absolute Gasteiger partial charge is 0.471 e. The lowest BCUT2D eigenvalue weighted by atomic mass is 9.76. The summed E-state index contributed by atoms with van der Waals surface area (Å²) < 4.78 is 38.7. The van der Waals surface area contributed by atoms with E-state index in [4.69, 9.17) is 0 Å². The number of amides is 2. The van der Waals surface area contributed by atoms with Gasteiger partial charge in [0.1, 0.15) is 0 Å². The van der Waals surface area contributed by atoms with Crippen LogP contribution in [0.25, 0.3) is 5.57 Å². The number of carbonyl (C=O) groups excluding carboxylic acids is 2. The molecule has 33 heavy (non-hydrogen) atoms. The number of halogens is 3. The maximum Gasteiger partial charge on any atom is 0.471 e. The minimum Gasteiger partial charge on any atom is -0.342 e. The molecule has 0 unspecified atom stereocenters. The molecule has 0 radical (unpaired) electrons. The van der Waals surface area contributed by atoms with Crippen molar-refractivity contribution in [3.05, 3.63) is 35.4 Å². The fourth-order valence-electron chi connectivity index (χ4n) is 4.54. The molecule has 1 saturated heterocycles. The van der Waals surface area contributed by atoms with Crippen LogP contribution < -0.4 is 5.32 Å². The van der Waals surface area contributed by atoms with E-state index in [0.29, 0.717) is 25.2 Å². The second-order valence-electron chi connectivity index (χ2n) is 10.2. The summed E-state index contributed by atoms with van der Waals surface area (Å²) in [6, 6.07) is 5.35. The first kappa shape index (κ1) is 25.3. The number of hydrogen-bond acceptors (Lipinski definition) is 3. The summed E-state index contributed by atoms with van der Waals surface area (Å²) in [5, 5.41) is 2.08. The Hall–Kier alpha value is -2.35. The number of likely N-dealkylation sites (tertiary alicyclic amines) is 1. The monoisotopic (exact) mass is 465 g/mol. The summed E-state index contributed by atoms with van der Waals surface area (Å²) >= 11 is 0. The van der Waals surface area contributed by atoms with Crippen molar-refractivity contribution >= 4 is 23.1 Å². The summed E-state index contributed by atoms with van der Waals surface area (Å²) in [4.78, 5) is 27.7. The summed E-state index contributed by atoms with van der Waals surface area (Å²) in [5.74, 6) is -1.62. The van der Waals surface area contributed by atoms with Crippen LogP contribution in [0.2, 0.25) is 0 Å². The van der Waals surface area contributed by atoms with Crippen molar-refractivity contribution in [3.8, 4) is 0 Å². The van der Waals surface area contributed by atoms with Crippen LogP contribution in [0.5, 0.6) is 0 Å². The van der Waals surface area contributed by atoms with Gasteiger partial charge in [-0.1, -0.05) is 26.0 Å². The van der Waals surface area contributed by atoms with Crippen LogP contribution in [0.1, 0.15) is 63.0 Å². The van der Waals surface area contributed by atoms with Gasteiger partial charge in [-0.15, -0.1) is 0 Å². The number of hydrogen-bond donors (Lipinski definition) is 1. The average molecular weight is 466 g/mol. The maximum absolute atomic E-state index is 12.9. The molecule has 0 spiro atoms. The summed E-state index contributed by atoms with van der Waals surface area (Å²) in [7, 11) is 3.73. The van der Waals surface area contributed by atoms with E-state index in [1.165, 1.54) is 0 Å². The zero-order valence-electron chi connectivity index (χ0n) is 19.9. The SMILES string of the molecule is CN(C)CC(=O)N1CCC(c2ccc(NC(=O)C(F)(F)F)c(C3=CCC(C)(C)CC3)c2)CC1. The average Bonchev–Trinajstić information content (AvgIpc) is 2.73. The minimum atomic E-state index is -4.94. The number of allylic oxidation sites excluding steroid dienone is 2. The van der Waals surface area contributed by atoms with Crippen LogP contribution in [0.3, 0.4) is 0 Å². The highest BCUT2D eigenvalue weighted by Crippen LogP contribution is 2.41. The summed E-state index contributed by atoms with van der Waals surface area (Å²) in [6.45, 7) is 6.06. The van der Waals surface area contributed by atoms with Gasteiger partial charge in [0.05, 0.1) is 6.54 Å². The van der Waals surface area contributed by atoms with Crippen LogP contribution >= 0.6 is 0 Å². The normalized spacial score (nSPS) is 19.4. The Labute approximate surface area is 194 Å². The van der Waals surface area contributed by atoms with Crippen LogP contribution in [-0.2, 0) is 9.59 Å². The van der Waals surface area contributed by atoms with E-state index in [1.54, 1.807) is 6.07 Å². The number of piperidine rings is 1. The molecule has 1 heterocycles. The third-order valence-corrected chi connectivity index (χ3v) is 6.64. The number of nitrogens with one attached hydrogen (secondary N) is 1. The second-order valence-corrected chi connectivity index (χ2v) is 10.2. The van der Waals surface area contributed by atoms with Crippen molar-refractivity contribution < 1.29 is 22.8 Å². The number of nitrogens with zero attached hydrogens (tertiary/aromatic N) is 2. The molecule has 1 aromatic carbocycles. The molecule has 5 nitrogen and oxygen atoms in total. The fraction of sp³-hybridized carbons (Fsp3) is 0.600. The van der Waals surface area contributed by atoms with Crippen molar-refractivity contribution in [1.82, 2.24) is 9.80 Å². The predicted octanol–water partition coefficient (Wildman–Crippen LogP) is 5.05. The standard InChI is InChI=1S/C25H34F3N3O2/c1-24(2)11-7-18(8-12-24)20-15-19(5-6-21(20)29-23(33)25(26,27)28)17-9-13-31(14-10-17)22(32)16-30(3)4/h5-7,15,17H,8-14,16H2,1-4H3,(H,29,33). The maximum atomic E-state index is 12.9. The van der Waals surface area contributed by atoms with E-state index in [0.717, 1.165) is 43.2 Å². The highest BCUT2D eigenvalue weighted by molar-refractivity contribution is 5.97. The minimum absolute atomic E-state index is 0.110. The van der Waals surface area contributed by atoms with E-state index in [1.807, 2.05) is 36.0 Å². The van der Waals surface area contributed by atoms with Gasteiger partial charge in [-0.3, -0.25) is 9.59 Å². The van der Waals surface area contributed by atoms with Gasteiger partial charge in [-0.05, 0) is 80.8 Å². The quantitative estimate of drug-likeness (QED) is 0.662. The molecule has 1 aromatic rings. The molecule has 2 amide bonds. The first-order chi connectivity index (χ1) is 15.4. The van der Waals surface area contributed by atoms with E-state index in [9.17, 15) is 22.8 Å². The van der Waals surface area contributed by atoms with Crippen molar-refractivity contribution in [3.63, 3.8) is 0 Å². The number of benzene rings is 1. The molecular weight excluding hydrogens is 431 g/mol.